The summed E-state index contributed by atoms with van der Waals surface area (Å²) in [7, 11) is 1.67. The van der Waals surface area contributed by atoms with E-state index in [4.69, 9.17) is 20.3 Å². The van der Waals surface area contributed by atoms with Crippen LogP contribution in [0, 0.1) is 0 Å². The lowest BCUT2D eigenvalue weighted by Crippen LogP contribution is -2.51. The number of aromatic nitrogens is 2. The number of carbonyl (C=O) groups is 2. The summed E-state index contributed by atoms with van der Waals surface area (Å²) >= 11 is 1.43. The molecule has 2 heterocycles. The number of hydrogen-bond acceptors (Lipinski definition) is 9. The molecule has 0 saturated carbocycles. The fourth-order valence-electron chi connectivity index (χ4n) is 2.85. The molecule has 0 amide bonds. The normalized spacial score (nSPS) is 18.7. The lowest BCUT2D eigenvalue weighted by molar-refractivity contribution is -0.136. The number of benzene rings is 1. The molecule has 2 aromatic rings. The predicted molar refractivity (Wildman–Crippen MR) is 118 cm³/mol. The van der Waals surface area contributed by atoms with Crippen molar-refractivity contribution >= 4 is 28.4 Å². The van der Waals surface area contributed by atoms with E-state index < -0.39 is 11.6 Å². The molecule has 3 rings (SSSR count). The number of piperidine rings is 1. The smallest absolute Gasteiger partial charge is 0.339 e. The first-order valence-electron chi connectivity index (χ1n) is 10.1. The maximum atomic E-state index is 12.4. The summed E-state index contributed by atoms with van der Waals surface area (Å²) in [6.07, 6.45) is 1.03. The summed E-state index contributed by atoms with van der Waals surface area (Å²) < 4.78 is 11.1. The Bertz CT molecular complexity index is 858. The van der Waals surface area contributed by atoms with Crippen LogP contribution in [0.5, 0.6) is 0 Å². The SMILES string of the molecule is CCC(=O)O.CO[C@H]1CN(c2nnc(C(C)(C)OC(=O)c3ccccc3)s2)CC[C@H]1N. The van der Waals surface area contributed by atoms with Crippen LogP contribution in [0.25, 0.3) is 0 Å². The molecule has 1 aromatic carbocycles. The van der Waals surface area contributed by atoms with E-state index in [1.165, 1.54) is 11.3 Å². The molecule has 31 heavy (non-hydrogen) atoms. The Morgan fingerprint density at radius 1 is 1.29 bits per heavy atom. The Morgan fingerprint density at radius 3 is 2.52 bits per heavy atom. The molecule has 0 radical (unpaired) electrons. The number of aliphatic carboxylic acids is 1. The van der Waals surface area contributed by atoms with Crippen molar-refractivity contribution in [1.82, 2.24) is 10.2 Å². The summed E-state index contributed by atoms with van der Waals surface area (Å²) in [5, 5.41) is 17.7. The van der Waals surface area contributed by atoms with Gasteiger partial charge in [-0.25, -0.2) is 4.79 Å². The van der Waals surface area contributed by atoms with E-state index in [2.05, 4.69) is 15.1 Å². The third-order valence-electron chi connectivity index (χ3n) is 4.77. The van der Waals surface area contributed by atoms with Crippen LogP contribution in [-0.2, 0) is 19.9 Å². The van der Waals surface area contributed by atoms with Crippen LogP contribution in [0.15, 0.2) is 30.3 Å². The molecule has 0 bridgehead atoms. The van der Waals surface area contributed by atoms with E-state index in [1.807, 2.05) is 19.9 Å². The van der Waals surface area contributed by atoms with Gasteiger partial charge in [-0.2, -0.15) is 0 Å². The second-order valence-electron chi connectivity index (χ2n) is 7.58. The summed E-state index contributed by atoms with van der Waals surface area (Å²) in [5.74, 6) is -1.12. The zero-order valence-corrected chi connectivity index (χ0v) is 19.1. The first-order chi connectivity index (χ1) is 14.7. The topological polar surface area (TPSA) is 128 Å². The van der Waals surface area contributed by atoms with E-state index in [0.29, 0.717) is 17.1 Å². The summed E-state index contributed by atoms with van der Waals surface area (Å²) in [6.45, 7) is 6.73. The Balaban J connectivity index is 0.000000614. The van der Waals surface area contributed by atoms with Crippen LogP contribution in [0.1, 0.15) is 49.0 Å². The Labute approximate surface area is 186 Å². The van der Waals surface area contributed by atoms with Crippen molar-refractivity contribution in [2.75, 3.05) is 25.1 Å². The fraction of sp³-hybridized carbons (Fsp3) is 0.524. The molecule has 1 aliphatic rings. The van der Waals surface area contributed by atoms with Gasteiger partial charge in [0.2, 0.25) is 5.13 Å². The van der Waals surface area contributed by atoms with Crippen LogP contribution in [0.4, 0.5) is 5.13 Å². The van der Waals surface area contributed by atoms with E-state index in [1.54, 1.807) is 38.3 Å². The largest absolute Gasteiger partial charge is 0.481 e. The Kier molecular flexibility index (Phi) is 8.90. The second-order valence-corrected chi connectivity index (χ2v) is 8.53. The number of methoxy groups -OCH3 is 1. The number of nitrogens with two attached hydrogens (primary N) is 1. The number of carboxylic acid groups (broad SMARTS) is 1. The predicted octanol–water partition coefficient (Wildman–Crippen LogP) is 2.66. The van der Waals surface area contributed by atoms with E-state index >= 15 is 0 Å². The zero-order valence-electron chi connectivity index (χ0n) is 18.3. The van der Waals surface area contributed by atoms with Gasteiger partial charge < -0.3 is 25.2 Å². The standard InChI is InChI=1S/C18H24N4O3S.C3H6O2/c1-18(2,25-15(23)12-7-5-4-6-8-12)16-20-21-17(26-16)22-10-9-13(19)14(11-22)24-3;1-2-3(4)5/h4-8,13-14H,9-11,19H2,1-3H3;2H2,1H3,(H,4,5)/t13-,14+;/m1./s1. The average Bonchev–Trinajstić information content (AvgIpc) is 3.26. The van der Waals surface area contributed by atoms with Gasteiger partial charge in [0, 0.05) is 32.7 Å². The first-order valence-corrected chi connectivity index (χ1v) is 10.9. The molecule has 1 aliphatic heterocycles. The van der Waals surface area contributed by atoms with Gasteiger partial charge in [0.05, 0.1) is 11.7 Å². The highest BCUT2D eigenvalue weighted by Crippen LogP contribution is 2.33. The molecule has 1 aromatic heterocycles. The van der Waals surface area contributed by atoms with Crippen molar-refractivity contribution in [3.8, 4) is 0 Å². The van der Waals surface area contributed by atoms with Gasteiger partial charge in [0.1, 0.15) is 0 Å². The van der Waals surface area contributed by atoms with Crippen molar-refractivity contribution in [3.05, 3.63) is 40.9 Å². The van der Waals surface area contributed by atoms with Crippen LogP contribution < -0.4 is 10.6 Å². The minimum atomic E-state index is -0.865. The Morgan fingerprint density at radius 2 is 1.94 bits per heavy atom. The number of carboxylic acids is 1. The van der Waals surface area contributed by atoms with E-state index in [0.717, 1.165) is 18.1 Å². The molecule has 9 nitrogen and oxygen atoms in total. The summed E-state index contributed by atoms with van der Waals surface area (Å²) in [6, 6.07) is 8.96. The van der Waals surface area contributed by atoms with Crippen LogP contribution >= 0.6 is 11.3 Å². The third-order valence-corrected chi connectivity index (χ3v) is 6.06. The molecule has 0 unspecified atom stereocenters. The number of hydrogen-bond donors (Lipinski definition) is 2. The first kappa shape index (κ1) is 24.7. The molecule has 1 fully saturated rings. The molecule has 170 valence electrons. The number of nitrogens with zero attached hydrogens (tertiary/aromatic N) is 3. The summed E-state index contributed by atoms with van der Waals surface area (Å²) in [5.41, 5.74) is 5.72. The third kappa shape index (κ3) is 6.98. The van der Waals surface area contributed by atoms with E-state index in [-0.39, 0.29) is 24.5 Å². The minimum Gasteiger partial charge on any atom is -0.481 e. The average molecular weight is 451 g/mol. The molecule has 2 atom stereocenters. The molecule has 10 heteroatoms. The van der Waals surface area contributed by atoms with Crippen molar-refractivity contribution in [1.29, 1.82) is 0 Å². The second kappa shape index (κ2) is 11.2. The minimum absolute atomic E-state index is 0.0278. The van der Waals surface area contributed by atoms with E-state index in [9.17, 15) is 9.59 Å². The maximum Gasteiger partial charge on any atom is 0.339 e. The molecule has 1 saturated heterocycles. The molecular formula is C21H30N4O5S. The van der Waals surface area contributed by atoms with Crippen molar-refractivity contribution in [2.24, 2.45) is 5.73 Å². The lowest BCUT2D eigenvalue weighted by Gasteiger charge is -2.35. The molecule has 0 aliphatic carbocycles. The van der Waals surface area contributed by atoms with Crippen LogP contribution in [0.3, 0.4) is 0 Å². The van der Waals surface area contributed by atoms with Crippen molar-refractivity contribution < 1.29 is 24.2 Å². The van der Waals surface area contributed by atoms with Crippen LogP contribution in [-0.4, -0.2) is 59.6 Å². The molecule has 3 N–H and O–H groups in total. The van der Waals surface area contributed by atoms with Gasteiger partial charge in [0.15, 0.2) is 10.6 Å². The van der Waals surface area contributed by atoms with Crippen LogP contribution in [0.2, 0.25) is 0 Å². The number of anilines is 1. The highest BCUT2D eigenvalue weighted by atomic mass is 32.1. The lowest BCUT2D eigenvalue weighted by atomic mass is 10.0. The number of esters is 1. The summed E-state index contributed by atoms with van der Waals surface area (Å²) in [4.78, 5) is 23.8. The van der Waals surface area contributed by atoms with Gasteiger partial charge in [0.25, 0.3) is 0 Å². The van der Waals surface area contributed by atoms with Crippen molar-refractivity contribution in [3.63, 3.8) is 0 Å². The van der Waals surface area contributed by atoms with Crippen molar-refractivity contribution in [2.45, 2.75) is 51.4 Å². The van der Waals surface area contributed by atoms with Gasteiger partial charge >= 0.3 is 11.9 Å². The number of carbonyl (C=O) groups excluding carboxylic acids is 1. The Hall–Kier alpha value is -2.56. The fourth-order valence-corrected chi connectivity index (χ4v) is 3.77. The van der Waals surface area contributed by atoms with Gasteiger partial charge in [-0.3, -0.25) is 4.79 Å². The maximum absolute atomic E-state index is 12.4. The quantitative estimate of drug-likeness (QED) is 0.638. The monoisotopic (exact) mass is 450 g/mol. The molecular weight excluding hydrogens is 420 g/mol. The van der Waals surface area contributed by atoms with Gasteiger partial charge in [-0.1, -0.05) is 36.5 Å². The highest BCUT2D eigenvalue weighted by Gasteiger charge is 2.33. The molecule has 0 spiro atoms. The van der Waals surface area contributed by atoms with Gasteiger partial charge in [-0.15, -0.1) is 10.2 Å². The highest BCUT2D eigenvalue weighted by molar-refractivity contribution is 7.15. The number of ether oxygens (including phenoxy) is 2. The number of rotatable bonds is 6. The zero-order chi connectivity index (χ0) is 23.0. The van der Waals surface area contributed by atoms with Gasteiger partial charge in [-0.05, 0) is 32.4 Å².